The number of hydrogen-bond donors (Lipinski definition) is 1. The zero-order valence-electron chi connectivity index (χ0n) is 11.5. The van der Waals surface area contributed by atoms with Crippen molar-refractivity contribution in [3.63, 3.8) is 0 Å². The Morgan fingerprint density at radius 3 is 2.35 bits per heavy atom. The van der Waals surface area contributed by atoms with Crippen molar-refractivity contribution in [3.8, 4) is 0 Å². The number of hydrogen-bond acceptors (Lipinski definition) is 3. The maximum absolute atomic E-state index is 12.0. The van der Waals surface area contributed by atoms with Gasteiger partial charge in [-0.15, -0.1) is 0 Å². The van der Waals surface area contributed by atoms with Gasteiger partial charge in [0.25, 0.3) is 0 Å². The highest BCUT2D eigenvalue weighted by atomic mass is 16.5. The van der Waals surface area contributed by atoms with Gasteiger partial charge in [0.05, 0.1) is 5.56 Å². The van der Waals surface area contributed by atoms with Crippen LogP contribution in [0.2, 0.25) is 0 Å². The second-order valence-electron chi connectivity index (χ2n) is 4.63. The molecule has 0 amide bonds. The topological polar surface area (TPSA) is 46.5 Å². The third-order valence-electron chi connectivity index (χ3n) is 3.14. The highest BCUT2D eigenvalue weighted by Gasteiger charge is 2.13. The maximum Gasteiger partial charge on any atom is 0.338 e. The zero-order chi connectivity index (χ0) is 14.4. The molecule has 1 N–H and O–H groups in total. The summed E-state index contributed by atoms with van der Waals surface area (Å²) >= 11 is 0. The fourth-order valence-electron chi connectivity index (χ4n) is 1.96. The summed E-state index contributed by atoms with van der Waals surface area (Å²) in [5, 5.41) is 8.85. The molecule has 0 aliphatic carbocycles. The first kappa shape index (κ1) is 14.3. The standard InChI is InChI=1S/C17H18O3/c1-13(15-5-3-2-4-6-15)20-17(19)16-9-7-14(8-10-16)11-12-18/h2-10,13,18H,11-12H2,1H3. The molecule has 2 aromatic carbocycles. The fourth-order valence-corrected chi connectivity index (χ4v) is 1.96. The Bertz CT molecular complexity index is 546. The van der Waals surface area contributed by atoms with Gasteiger partial charge in [-0.3, -0.25) is 0 Å². The van der Waals surface area contributed by atoms with Crippen LogP contribution in [-0.2, 0) is 11.2 Å². The van der Waals surface area contributed by atoms with Crippen molar-refractivity contribution in [1.29, 1.82) is 0 Å². The minimum atomic E-state index is -0.336. The highest BCUT2D eigenvalue weighted by molar-refractivity contribution is 5.89. The molecule has 2 aromatic rings. The normalized spacial score (nSPS) is 11.9. The number of aliphatic hydroxyl groups excluding tert-OH is 1. The summed E-state index contributed by atoms with van der Waals surface area (Å²) in [6, 6.07) is 16.8. The molecule has 0 aliphatic rings. The van der Waals surface area contributed by atoms with Crippen LogP contribution in [0.25, 0.3) is 0 Å². The summed E-state index contributed by atoms with van der Waals surface area (Å²) in [5.41, 5.74) is 2.49. The van der Waals surface area contributed by atoms with Crippen molar-refractivity contribution in [2.45, 2.75) is 19.4 Å². The fraction of sp³-hybridized carbons (Fsp3) is 0.235. The van der Waals surface area contributed by atoms with E-state index in [0.29, 0.717) is 12.0 Å². The van der Waals surface area contributed by atoms with Crippen molar-refractivity contribution in [1.82, 2.24) is 0 Å². The van der Waals surface area contributed by atoms with E-state index in [2.05, 4.69) is 0 Å². The molecule has 0 aromatic heterocycles. The summed E-state index contributed by atoms with van der Waals surface area (Å²) in [6.45, 7) is 1.96. The van der Waals surface area contributed by atoms with Gasteiger partial charge < -0.3 is 9.84 Å². The average molecular weight is 270 g/mol. The molecule has 0 saturated carbocycles. The van der Waals surface area contributed by atoms with Gasteiger partial charge in [0.15, 0.2) is 0 Å². The third kappa shape index (κ3) is 3.68. The molecule has 1 atom stereocenters. The average Bonchev–Trinajstić information content (AvgIpc) is 2.49. The summed E-state index contributed by atoms with van der Waals surface area (Å²) in [7, 11) is 0. The van der Waals surface area contributed by atoms with Crippen LogP contribution in [0.1, 0.15) is 34.5 Å². The van der Waals surface area contributed by atoms with Crippen LogP contribution in [0.5, 0.6) is 0 Å². The van der Waals surface area contributed by atoms with E-state index in [-0.39, 0.29) is 18.7 Å². The van der Waals surface area contributed by atoms with Gasteiger partial charge in [-0.05, 0) is 36.6 Å². The molecule has 1 unspecified atom stereocenters. The van der Waals surface area contributed by atoms with Crippen LogP contribution in [0.4, 0.5) is 0 Å². The van der Waals surface area contributed by atoms with Crippen molar-refractivity contribution >= 4 is 5.97 Å². The van der Waals surface area contributed by atoms with Crippen molar-refractivity contribution in [2.75, 3.05) is 6.61 Å². The van der Waals surface area contributed by atoms with E-state index in [0.717, 1.165) is 11.1 Å². The van der Waals surface area contributed by atoms with E-state index in [1.165, 1.54) is 0 Å². The van der Waals surface area contributed by atoms with Crippen molar-refractivity contribution < 1.29 is 14.6 Å². The number of carbonyl (C=O) groups excluding carboxylic acids is 1. The molecular weight excluding hydrogens is 252 g/mol. The lowest BCUT2D eigenvalue weighted by molar-refractivity contribution is 0.0338. The monoisotopic (exact) mass is 270 g/mol. The summed E-state index contributed by atoms with van der Waals surface area (Å²) < 4.78 is 5.43. The summed E-state index contributed by atoms with van der Waals surface area (Å²) in [5.74, 6) is -0.336. The molecule has 0 radical (unpaired) electrons. The molecule has 0 fully saturated rings. The van der Waals surface area contributed by atoms with Gasteiger partial charge >= 0.3 is 5.97 Å². The SMILES string of the molecule is CC(OC(=O)c1ccc(CCO)cc1)c1ccccc1. The van der Waals surface area contributed by atoms with E-state index >= 15 is 0 Å². The van der Waals surface area contributed by atoms with Crippen LogP contribution >= 0.6 is 0 Å². The Morgan fingerprint density at radius 2 is 1.75 bits per heavy atom. The predicted octanol–water partition coefficient (Wildman–Crippen LogP) is 3.14. The summed E-state index contributed by atoms with van der Waals surface area (Å²) in [6.07, 6.45) is 0.316. The van der Waals surface area contributed by atoms with Gasteiger partial charge in [-0.2, -0.15) is 0 Å². The second-order valence-corrected chi connectivity index (χ2v) is 4.63. The van der Waals surface area contributed by atoms with Crippen LogP contribution in [0, 0.1) is 0 Å². The quantitative estimate of drug-likeness (QED) is 0.849. The first-order valence-corrected chi connectivity index (χ1v) is 6.66. The molecule has 0 spiro atoms. The minimum Gasteiger partial charge on any atom is -0.454 e. The Hall–Kier alpha value is -2.13. The predicted molar refractivity (Wildman–Crippen MR) is 77.5 cm³/mol. The molecule has 20 heavy (non-hydrogen) atoms. The number of carbonyl (C=O) groups is 1. The number of aliphatic hydroxyl groups is 1. The van der Waals surface area contributed by atoms with Crippen LogP contribution < -0.4 is 0 Å². The van der Waals surface area contributed by atoms with E-state index in [1.807, 2.05) is 49.4 Å². The molecule has 2 rings (SSSR count). The number of rotatable bonds is 5. The minimum absolute atomic E-state index is 0.106. The maximum atomic E-state index is 12.0. The van der Waals surface area contributed by atoms with Crippen molar-refractivity contribution in [2.24, 2.45) is 0 Å². The highest BCUT2D eigenvalue weighted by Crippen LogP contribution is 2.18. The third-order valence-corrected chi connectivity index (χ3v) is 3.14. The van der Waals surface area contributed by atoms with Gasteiger partial charge in [-0.1, -0.05) is 42.5 Å². The molecule has 0 saturated heterocycles. The Labute approximate surface area is 118 Å². The zero-order valence-corrected chi connectivity index (χ0v) is 11.5. The molecular formula is C17H18O3. The first-order chi connectivity index (χ1) is 9.70. The van der Waals surface area contributed by atoms with Gasteiger partial charge in [0.2, 0.25) is 0 Å². The van der Waals surface area contributed by atoms with Crippen LogP contribution in [-0.4, -0.2) is 17.7 Å². The van der Waals surface area contributed by atoms with Crippen molar-refractivity contribution in [3.05, 3.63) is 71.3 Å². The van der Waals surface area contributed by atoms with Gasteiger partial charge in [-0.25, -0.2) is 4.79 Å². The molecule has 3 heteroatoms. The van der Waals surface area contributed by atoms with Gasteiger partial charge in [0, 0.05) is 6.61 Å². The largest absolute Gasteiger partial charge is 0.454 e. The van der Waals surface area contributed by atoms with E-state index in [4.69, 9.17) is 9.84 Å². The molecule has 0 heterocycles. The van der Waals surface area contributed by atoms with E-state index < -0.39 is 0 Å². The Balaban J connectivity index is 2.01. The lowest BCUT2D eigenvalue weighted by Gasteiger charge is -2.13. The molecule has 104 valence electrons. The number of esters is 1. The second kappa shape index (κ2) is 6.87. The van der Waals surface area contributed by atoms with E-state index in [9.17, 15) is 4.79 Å². The number of benzene rings is 2. The Morgan fingerprint density at radius 1 is 1.10 bits per heavy atom. The Kier molecular flexibility index (Phi) is 4.91. The van der Waals surface area contributed by atoms with E-state index in [1.54, 1.807) is 12.1 Å². The molecule has 0 bridgehead atoms. The smallest absolute Gasteiger partial charge is 0.338 e. The van der Waals surface area contributed by atoms with Crippen LogP contribution in [0.3, 0.4) is 0 Å². The lowest BCUT2D eigenvalue weighted by Crippen LogP contribution is -2.09. The number of ether oxygens (including phenoxy) is 1. The van der Waals surface area contributed by atoms with Crippen LogP contribution in [0.15, 0.2) is 54.6 Å². The molecule has 3 nitrogen and oxygen atoms in total. The first-order valence-electron chi connectivity index (χ1n) is 6.66. The lowest BCUT2D eigenvalue weighted by atomic mass is 10.1. The van der Waals surface area contributed by atoms with Gasteiger partial charge in [0.1, 0.15) is 6.10 Å². The summed E-state index contributed by atoms with van der Waals surface area (Å²) in [4.78, 5) is 12.0. The molecule has 0 aliphatic heterocycles.